The first-order valence-electron chi connectivity index (χ1n) is 7.52. The molecule has 0 atom stereocenters. The molecule has 0 N–H and O–H groups in total. The Hall–Kier alpha value is -2.12. The Bertz CT molecular complexity index is 785. The highest BCUT2D eigenvalue weighted by molar-refractivity contribution is 9.10. The first kappa shape index (κ1) is 17.7. The molecular weight excluding hydrogens is 409 g/mol. The molecule has 25 heavy (non-hydrogen) atoms. The Balaban J connectivity index is 1.67. The van der Waals surface area contributed by atoms with Gasteiger partial charge in [-0.1, -0.05) is 22.0 Å². The standard InChI is InChI=1S/C18H15BrFNO3S/c19-13-5-6-17(16(20)9-13)24-12-18(22)21(10-14-3-1-7-23-14)11-15-4-2-8-25-15/h1-9H,10-12H2. The molecule has 0 aliphatic carbocycles. The highest BCUT2D eigenvalue weighted by Gasteiger charge is 2.18. The molecule has 1 amide bonds. The van der Waals surface area contributed by atoms with Gasteiger partial charge < -0.3 is 14.1 Å². The Morgan fingerprint density at radius 3 is 2.80 bits per heavy atom. The van der Waals surface area contributed by atoms with E-state index in [4.69, 9.17) is 9.15 Å². The van der Waals surface area contributed by atoms with Gasteiger partial charge in [0, 0.05) is 9.35 Å². The summed E-state index contributed by atoms with van der Waals surface area (Å²) in [6, 6.07) is 11.9. The maximum Gasteiger partial charge on any atom is 0.261 e. The third kappa shape index (κ3) is 4.93. The average molecular weight is 424 g/mol. The third-order valence-electron chi connectivity index (χ3n) is 3.45. The molecule has 0 saturated heterocycles. The summed E-state index contributed by atoms with van der Waals surface area (Å²) in [5.41, 5.74) is 0. The van der Waals surface area contributed by atoms with Crippen LogP contribution in [0.5, 0.6) is 5.75 Å². The second-order valence-corrected chi connectivity index (χ2v) is 7.22. The third-order valence-corrected chi connectivity index (χ3v) is 4.81. The quantitative estimate of drug-likeness (QED) is 0.545. The van der Waals surface area contributed by atoms with Gasteiger partial charge in [-0.3, -0.25) is 4.79 Å². The molecule has 7 heteroatoms. The molecule has 4 nitrogen and oxygen atoms in total. The number of nitrogens with zero attached hydrogens (tertiary/aromatic N) is 1. The van der Waals surface area contributed by atoms with E-state index in [1.807, 2.05) is 23.6 Å². The molecule has 0 fully saturated rings. The molecule has 0 aliphatic heterocycles. The van der Waals surface area contributed by atoms with Crippen molar-refractivity contribution >= 4 is 33.2 Å². The highest BCUT2D eigenvalue weighted by Crippen LogP contribution is 2.22. The summed E-state index contributed by atoms with van der Waals surface area (Å²) in [5, 5.41) is 1.96. The van der Waals surface area contributed by atoms with Crippen molar-refractivity contribution in [2.75, 3.05) is 6.61 Å². The van der Waals surface area contributed by atoms with Crippen molar-refractivity contribution in [3.8, 4) is 5.75 Å². The fourth-order valence-corrected chi connectivity index (χ4v) is 3.29. The zero-order chi connectivity index (χ0) is 17.6. The number of hydrogen-bond acceptors (Lipinski definition) is 4. The summed E-state index contributed by atoms with van der Waals surface area (Å²) in [7, 11) is 0. The van der Waals surface area contributed by atoms with Gasteiger partial charge in [-0.2, -0.15) is 0 Å². The SMILES string of the molecule is O=C(COc1ccc(Br)cc1F)N(Cc1ccco1)Cc1cccs1. The molecule has 0 unspecified atom stereocenters. The molecule has 130 valence electrons. The normalized spacial score (nSPS) is 10.6. The molecule has 3 rings (SSSR count). The van der Waals surface area contributed by atoms with E-state index in [2.05, 4.69) is 15.9 Å². The van der Waals surface area contributed by atoms with Crippen molar-refractivity contribution in [3.63, 3.8) is 0 Å². The fourth-order valence-electron chi connectivity index (χ4n) is 2.24. The summed E-state index contributed by atoms with van der Waals surface area (Å²) < 4.78 is 25.1. The van der Waals surface area contributed by atoms with Gasteiger partial charge in [0.05, 0.1) is 19.4 Å². The maximum atomic E-state index is 13.8. The van der Waals surface area contributed by atoms with Crippen molar-refractivity contribution in [1.29, 1.82) is 0 Å². The van der Waals surface area contributed by atoms with Crippen molar-refractivity contribution in [2.24, 2.45) is 0 Å². The number of hydrogen-bond donors (Lipinski definition) is 0. The van der Waals surface area contributed by atoms with Crippen LogP contribution in [0.3, 0.4) is 0 Å². The van der Waals surface area contributed by atoms with Crippen LogP contribution >= 0.6 is 27.3 Å². The van der Waals surface area contributed by atoms with Crippen LogP contribution in [-0.4, -0.2) is 17.4 Å². The van der Waals surface area contributed by atoms with E-state index < -0.39 is 5.82 Å². The molecule has 0 spiro atoms. The van der Waals surface area contributed by atoms with Crippen LogP contribution in [-0.2, 0) is 17.9 Å². The first-order chi connectivity index (χ1) is 12.1. The van der Waals surface area contributed by atoms with Crippen LogP contribution in [0.25, 0.3) is 0 Å². The molecule has 2 aromatic heterocycles. The van der Waals surface area contributed by atoms with Crippen LogP contribution < -0.4 is 4.74 Å². The topological polar surface area (TPSA) is 42.7 Å². The summed E-state index contributed by atoms with van der Waals surface area (Å²) in [5.74, 6) is -0.0320. The second kappa shape index (κ2) is 8.31. The lowest BCUT2D eigenvalue weighted by Crippen LogP contribution is -2.33. The average Bonchev–Trinajstić information content (AvgIpc) is 3.27. The predicted octanol–water partition coefficient (Wildman–Crippen LogP) is 4.85. The van der Waals surface area contributed by atoms with Crippen LogP contribution in [0.15, 0.2) is 63.0 Å². The predicted molar refractivity (Wildman–Crippen MR) is 96.9 cm³/mol. The minimum atomic E-state index is -0.516. The number of carbonyl (C=O) groups is 1. The Morgan fingerprint density at radius 2 is 2.12 bits per heavy atom. The Kier molecular flexibility index (Phi) is 5.88. The van der Waals surface area contributed by atoms with Gasteiger partial charge in [0.1, 0.15) is 5.76 Å². The lowest BCUT2D eigenvalue weighted by atomic mass is 10.3. The second-order valence-electron chi connectivity index (χ2n) is 5.27. The number of furan rings is 1. The van der Waals surface area contributed by atoms with E-state index in [-0.39, 0.29) is 18.3 Å². The van der Waals surface area contributed by atoms with Crippen molar-refractivity contribution in [2.45, 2.75) is 13.1 Å². The van der Waals surface area contributed by atoms with Crippen LogP contribution in [0.4, 0.5) is 4.39 Å². The summed E-state index contributed by atoms with van der Waals surface area (Å²) in [4.78, 5) is 15.3. The number of carbonyl (C=O) groups excluding carboxylic acids is 1. The first-order valence-corrected chi connectivity index (χ1v) is 9.19. The zero-order valence-electron chi connectivity index (χ0n) is 13.2. The van der Waals surface area contributed by atoms with Gasteiger partial charge in [0.2, 0.25) is 0 Å². The van der Waals surface area contributed by atoms with Crippen molar-refractivity contribution in [3.05, 3.63) is 75.0 Å². The summed E-state index contributed by atoms with van der Waals surface area (Å²) in [6.45, 7) is 0.532. The van der Waals surface area contributed by atoms with E-state index in [9.17, 15) is 9.18 Å². The van der Waals surface area contributed by atoms with E-state index in [0.29, 0.717) is 23.3 Å². The molecular formula is C18H15BrFNO3S. The van der Waals surface area contributed by atoms with Gasteiger partial charge in [-0.25, -0.2) is 4.39 Å². The summed E-state index contributed by atoms with van der Waals surface area (Å²) in [6.07, 6.45) is 1.57. The number of thiophene rings is 1. The fraction of sp³-hybridized carbons (Fsp3) is 0.167. The Morgan fingerprint density at radius 1 is 1.24 bits per heavy atom. The van der Waals surface area contributed by atoms with E-state index in [0.717, 1.165) is 4.88 Å². The van der Waals surface area contributed by atoms with E-state index in [1.54, 1.807) is 34.6 Å². The highest BCUT2D eigenvalue weighted by atomic mass is 79.9. The Labute approximate surface area is 157 Å². The van der Waals surface area contributed by atoms with Crippen LogP contribution in [0, 0.1) is 5.82 Å². The lowest BCUT2D eigenvalue weighted by Gasteiger charge is -2.21. The van der Waals surface area contributed by atoms with Gasteiger partial charge in [0.25, 0.3) is 5.91 Å². The largest absolute Gasteiger partial charge is 0.481 e. The molecule has 1 aromatic carbocycles. The molecule has 0 aliphatic rings. The monoisotopic (exact) mass is 423 g/mol. The number of rotatable bonds is 7. The molecule has 0 radical (unpaired) electrons. The van der Waals surface area contributed by atoms with Crippen LogP contribution in [0.1, 0.15) is 10.6 Å². The minimum Gasteiger partial charge on any atom is -0.481 e. The van der Waals surface area contributed by atoms with Crippen molar-refractivity contribution in [1.82, 2.24) is 4.90 Å². The van der Waals surface area contributed by atoms with Gasteiger partial charge in [0.15, 0.2) is 18.2 Å². The molecule has 0 bridgehead atoms. The molecule has 3 aromatic rings. The number of halogens is 2. The van der Waals surface area contributed by atoms with E-state index in [1.165, 1.54) is 12.1 Å². The number of benzene rings is 1. The van der Waals surface area contributed by atoms with Gasteiger partial charge >= 0.3 is 0 Å². The summed E-state index contributed by atoms with van der Waals surface area (Å²) >= 11 is 4.76. The van der Waals surface area contributed by atoms with Crippen molar-refractivity contribution < 1.29 is 18.3 Å². The number of amides is 1. The van der Waals surface area contributed by atoms with Gasteiger partial charge in [-0.05, 0) is 41.8 Å². The number of ether oxygens (including phenoxy) is 1. The lowest BCUT2D eigenvalue weighted by molar-refractivity contribution is -0.134. The van der Waals surface area contributed by atoms with Gasteiger partial charge in [-0.15, -0.1) is 11.3 Å². The minimum absolute atomic E-state index is 0.0469. The zero-order valence-corrected chi connectivity index (χ0v) is 15.6. The smallest absolute Gasteiger partial charge is 0.261 e. The van der Waals surface area contributed by atoms with E-state index >= 15 is 0 Å². The van der Waals surface area contributed by atoms with Crippen LogP contribution in [0.2, 0.25) is 0 Å². The molecule has 0 saturated carbocycles. The molecule has 2 heterocycles. The maximum absolute atomic E-state index is 13.8.